The summed E-state index contributed by atoms with van der Waals surface area (Å²) in [6, 6.07) is 8.03. The molecule has 7 aliphatic rings. The number of hydrogen-bond acceptors (Lipinski definition) is 42. The van der Waals surface area contributed by atoms with Gasteiger partial charge in [-0.1, -0.05) is 30.3 Å². The van der Waals surface area contributed by atoms with Gasteiger partial charge < -0.3 is 77.4 Å². The van der Waals surface area contributed by atoms with Crippen LogP contribution in [0.1, 0.15) is 133 Å². The molecule has 1 aromatic carbocycles. The van der Waals surface area contributed by atoms with E-state index >= 15 is 0 Å². The van der Waals surface area contributed by atoms with Gasteiger partial charge in [0, 0.05) is 127 Å². The minimum atomic E-state index is -5.86. The number of nitrogens with one attached hydrogen (secondary N) is 6. The smallest absolute Gasteiger partial charge is 0.390 e. The molecule has 7 aliphatic heterocycles. The number of hydrogen-bond donors (Lipinski definition) is 15. The van der Waals surface area contributed by atoms with Crippen molar-refractivity contribution in [3.8, 4) is 0 Å². The highest BCUT2D eigenvalue weighted by atomic mass is 31.2. The molecule has 15 rings (SSSR count). The topological polar surface area (TPSA) is 859 Å². The van der Waals surface area contributed by atoms with Crippen LogP contribution >= 0.6 is 54.8 Å². The van der Waals surface area contributed by atoms with E-state index in [-0.39, 0.29) is 51.9 Å². The van der Waals surface area contributed by atoms with Crippen LogP contribution in [0.3, 0.4) is 0 Å². The van der Waals surface area contributed by atoms with Gasteiger partial charge >= 0.3 is 94.6 Å². The highest BCUT2D eigenvalue weighted by Crippen LogP contribution is 2.58. The number of aliphatic hydroxyl groups is 1. The Morgan fingerprint density at radius 2 is 0.486 bits per heavy atom. The molecule has 812 valence electrons. The summed E-state index contributed by atoms with van der Waals surface area (Å²) in [6.45, 7) is 0.533. The lowest BCUT2D eigenvalue weighted by Gasteiger charge is -2.26. The van der Waals surface area contributed by atoms with Crippen LogP contribution in [0.25, 0.3) is 0 Å². The van der Waals surface area contributed by atoms with Crippen LogP contribution in [0.5, 0.6) is 0 Å². The minimum absolute atomic E-state index is 0.0248. The van der Waals surface area contributed by atoms with Crippen molar-refractivity contribution >= 4 is 54.8 Å². The number of aromatic nitrogens is 14. The highest BCUT2D eigenvalue weighted by molar-refractivity contribution is 7.49. The molecule has 71 heteroatoms. The number of aliphatic hydroxyl groups excluding tert-OH is 1. The molecule has 15 N–H and O–H groups in total. The first-order valence-corrected chi connectivity index (χ1v) is 55.0. The number of nitrogens with zero attached hydrogens (tertiary/aromatic N) is 8. The zero-order valence-electron chi connectivity index (χ0n) is 78.1. The predicted molar refractivity (Wildman–Crippen MR) is 489 cm³/mol. The van der Waals surface area contributed by atoms with Crippen LogP contribution in [-0.2, 0) is 130 Å². The number of ether oxygens (including phenoxy) is 7. The van der Waals surface area contributed by atoms with Crippen molar-refractivity contribution in [1.29, 1.82) is 0 Å². The van der Waals surface area contributed by atoms with E-state index in [2.05, 4.69) is 14.5 Å². The average molecular weight is 2240 g/mol. The summed E-state index contributed by atoms with van der Waals surface area (Å²) >= 11 is 0. The third kappa shape index (κ3) is 27.4. The summed E-state index contributed by atoms with van der Waals surface area (Å²) in [4.78, 5) is 283. The molecule has 148 heavy (non-hydrogen) atoms. The van der Waals surface area contributed by atoms with Crippen LogP contribution in [0.4, 0.5) is 0 Å². The number of aryl methyl sites for hydroxylation is 7. The number of phosphoric ester groups is 7. The maximum atomic E-state index is 14.8. The molecule has 14 heterocycles. The molecule has 6 unspecified atom stereocenters. The predicted octanol–water partition coefficient (Wildman–Crippen LogP) is -1.99. The molecule has 64 nitrogen and oxygen atoms in total. The molecule has 0 aliphatic carbocycles. The first-order chi connectivity index (χ1) is 69.3. The van der Waals surface area contributed by atoms with Gasteiger partial charge in [-0.3, -0.25) is 159 Å². The van der Waals surface area contributed by atoms with Gasteiger partial charge in [-0.25, -0.2) is 65.5 Å². The van der Waals surface area contributed by atoms with E-state index in [1.54, 1.807) is 30.3 Å². The molecule has 0 radical (unpaired) electrons. The fourth-order valence-electron chi connectivity index (χ4n) is 16.9. The number of benzene rings is 1. The van der Waals surface area contributed by atoms with Crippen LogP contribution in [0.2, 0.25) is 0 Å². The van der Waals surface area contributed by atoms with E-state index in [4.69, 9.17) is 87.4 Å². The lowest BCUT2D eigenvalue weighted by Crippen LogP contribution is -2.42. The van der Waals surface area contributed by atoms with Gasteiger partial charge in [-0.2, -0.15) is 0 Å². The van der Waals surface area contributed by atoms with Crippen molar-refractivity contribution < 1.29 is 168 Å². The Morgan fingerprint density at radius 1 is 0.284 bits per heavy atom. The van der Waals surface area contributed by atoms with Gasteiger partial charge in [-0.15, -0.1) is 0 Å². The van der Waals surface area contributed by atoms with E-state index < -0.39 is 347 Å². The summed E-state index contributed by atoms with van der Waals surface area (Å²) in [5, 5.41) is 10.9. The molecule has 7 fully saturated rings. The van der Waals surface area contributed by atoms with Crippen LogP contribution < -0.4 is 78.7 Å². The van der Waals surface area contributed by atoms with Crippen molar-refractivity contribution in [1.82, 2.24) is 66.4 Å². The molecule has 0 bridgehead atoms. The average Bonchev–Trinajstić information content (AvgIpc) is 1.58. The quantitative estimate of drug-likeness (QED) is 0.0184. The fraction of sp³-hybridized carbons (Fsp3) is 0.558. The van der Waals surface area contributed by atoms with Crippen LogP contribution in [-0.4, -0.2) is 242 Å². The number of aromatic amines is 6. The molecule has 0 saturated carbocycles. The summed E-state index contributed by atoms with van der Waals surface area (Å²) in [5.74, 6) is 0. The third-order valence-electron chi connectivity index (χ3n) is 24.3. The molecule has 27 atom stereocenters. The molecular formula is C77H99N14O50P7. The Balaban J connectivity index is 0.656. The monoisotopic (exact) mass is 2240 g/mol. The fourth-order valence-corrected chi connectivity index (χ4v) is 23.0. The molecule has 0 spiro atoms. The van der Waals surface area contributed by atoms with Crippen LogP contribution in [0, 0.1) is 48.5 Å². The third-order valence-corrected chi connectivity index (χ3v) is 30.9. The lowest BCUT2D eigenvalue weighted by atomic mass is 10.2. The Hall–Kier alpha value is -9.57. The second-order valence-electron chi connectivity index (χ2n) is 35.1. The number of rotatable bonds is 42. The highest BCUT2D eigenvalue weighted by Gasteiger charge is 2.53. The van der Waals surface area contributed by atoms with E-state index in [1.807, 2.05) is 19.9 Å². The first-order valence-electron chi connectivity index (χ1n) is 44.5. The molecule has 7 aromatic heterocycles. The second-order valence-corrected chi connectivity index (χ2v) is 44.8. The van der Waals surface area contributed by atoms with Gasteiger partial charge in [0.2, 0.25) is 0 Å². The number of phosphoric acid groups is 7. The van der Waals surface area contributed by atoms with Crippen molar-refractivity contribution in [3.05, 3.63) is 264 Å². The van der Waals surface area contributed by atoms with Gasteiger partial charge in [0.05, 0.1) is 58.9 Å². The van der Waals surface area contributed by atoms with Crippen molar-refractivity contribution in [2.45, 2.75) is 229 Å². The molecule has 0 amide bonds. The van der Waals surface area contributed by atoms with Gasteiger partial charge in [0.1, 0.15) is 123 Å². The molecule has 7 saturated heterocycles. The SMILES string of the molecule is Cc1cn([C@H]2C[C@H](OP(=O)(O)OC[C@H]3O[C@@H](n4cc(C)c(=O)[nH]c4=O)C[C@@H]3OP(=O)(O)OC[C@H]3O[C@@H](n4cc(C)c(=O)[nH]c4=O)C[C@@H]3OP(=O)(O)OC[C@H]3O[C@@H](n4cc(C)c(=O)n(Cc5ccccc5)c4=O)C[C@@H]3OP(=O)(O)OC[C@H]3O[C@@H](n4cc(C)c(=O)[nH]c4=O)C[C@@H]3OP(=O)(O)OC[C@H]3O[C@@H](n4cc(C)c(=O)[nH]c4=O)C[C@@H]3OP(=O)(O)OC[C@H]3O[C@@H](n4cc(C)c(=O)[nH]c4=O)C[C@@H]3O)[C@@H](COP(=O)(O)O)O2)c(=O)[nH]c1=O. The zero-order valence-corrected chi connectivity index (χ0v) is 84.4. The standard InChI is InChI=1S/C77H99N14O50P7/c1-35-20-84(71(100)78-64(35)93)57-13-43(92)50(129-57)28-123-143(110,111)137-45-15-59(86-22-37(3)66(95)80-73(86)102)131-52(45)30-125-145(114,115)139-47-17-61(88-24-39(5)68(97)82-75(88)104)134-55(47)33-127-148(120,121)141-49-19-63(90-26-41(7)70(99)91(77(90)106)27-42-11-9-8-10-12-42)135-56(49)34-128-147(118,119)140-48-18-62(89-25-40(6)69(98)83-76(89)105)133-54(48)32-126-146(116,117)138-46-16-60(87-23-38(4)67(96)81-74(87)103)132-53(46)31-124-144(112,113)136-44-14-58(130-51(44)29-122-142(107,108)109)85-21-36(2)65(94)79-72(85)101/h8-12,20-26,43-63,92H,13-19,27-34H2,1-7H3,(H,110,111)(H,112,113)(H,114,115)(H,116,117)(H,118,119)(H,120,121)(H,78,93,100)(H,79,94,101)(H,80,95,102)(H,81,96,103)(H,82,97,104)(H,83,98,105)(H2,107,108,109)/t43-,44-,45-,46-,47-,48-,49-,50+,51+,52+,53+,54+,55+,56+,57+,58+,59+,60+,61+,62+,63+/m0/s1. The molecule has 8 aromatic rings. The number of H-pyrrole nitrogens is 6. The normalized spacial score (nSPS) is 28.7. The Kier molecular flexibility index (Phi) is 34.2. The largest absolute Gasteiger partial charge is 0.472 e. The first kappa shape index (κ1) is 113. The second kappa shape index (κ2) is 45.0. The molecular weight excluding hydrogens is 2140 g/mol. The van der Waals surface area contributed by atoms with E-state index in [1.165, 1.54) is 48.5 Å². The zero-order chi connectivity index (χ0) is 107. The summed E-state index contributed by atoms with van der Waals surface area (Å²) in [7, 11) is -39.6. The maximum Gasteiger partial charge on any atom is 0.472 e. The van der Waals surface area contributed by atoms with Gasteiger partial charge in [0.25, 0.3) is 38.9 Å². The van der Waals surface area contributed by atoms with Gasteiger partial charge in [-0.05, 0) is 54.0 Å². The van der Waals surface area contributed by atoms with E-state index in [9.17, 15) is 143 Å². The lowest BCUT2D eigenvalue weighted by molar-refractivity contribution is -0.0662. The van der Waals surface area contributed by atoms with Crippen molar-refractivity contribution in [2.24, 2.45) is 0 Å². The Bertz CT molecular complexity index is 7630. The maximum absolute atomic E-state index is 14.8. The van der Waals surface area contributed by atoms with E-state index in [0.717, 1.165) is 79.9 Å². The Morgan fingerprint density at radius 3 is 0.723 bits per heavy atom. The van der Waals surface area contributed by atoms with Gasteiger partial charge in [0.15, 0.2) is 0 Å². The van der Waals surface area contributed by atoms with Crippen molar-refractivity contribution in [3.63, 3.8) is 0 Å². The minimum Gasteiger partial charge on any atom is -0.390 e. The summed E-state index contributed by atoms with van der Waals surface area (Å²) < 4.78 is 217. The summed E-state index contributed by atoms with van der Waals surface area (Å²) in [5.41, 5.74) is -13.3. The van der Waals surface area contributed by atoms with Crippen molar-refractivity contribution in [2.75, 3.05) is 46.2 Å². The van der Waals surface area contributed by atoms with E-state index in [0.29, 0.717) is 5.56 Å². The Labute approximate surface area is 825 Å². The van der Waals surface area contributed by atoms with Crippen LogP contribution in [0.15, 0.2) is 141 Å². The summed E-state index contributed by atoms with van der Waals surface area (Å²) in [6.07, 6.45) is -33.5.